The Morgan fingerprint density at radius 2 is 1.58 bits per heavy atom. The SMILES string of the molecule is CCCCCCCCCNC(=O)CN1CCCCC1. The summed E-state index contributed by atoms with van der Waals surface area (Å²) >= 11 is 0. The molecule has 1 N–H and O–H groups in total. The monoisotopic (exact) mass is 268 g/mol. The first-order valence-corrected chi connectivity index (χ1v) is 8.32. The quantitative estimate of drug-likeness (QED) is 0.616. The van der Waals surface area contributed by atoms with E-state index in [9.17, 15) is 4.79 Å². The molecule has 0 bridgehead atoms. The number of unbranched alkanes of at least 4 members (excludes halogenated alkanes) is 6. The molecule has 0 spiro atoms. The molecule has 0 atom stereocenters. The number of amides is 1. The van der Waals surface area contributed by atoms with Crippen LogP contribution in [-0.4, -0.2) is 37.0 Å². The van der Waals surface area contributed by atoms with Crippen molar-refractivity contribution in [3.05, 3.63) is 0 Å². The Hall–Kier alpha value is -0.570. The summed E-state index contributed by atoms with van der Waals surface area (Å²) in [6.45, 7) is 5.92. The Morgan fingerprint density at radius 1 is 0.947 bits per heavy atom. The summed E-state index contributed by atoms with van der Waals surface area (Å²) in [5.74, 6) is 0.216. The number of carbonyl (C=O) groups is 1. The third kappa shape index (κ3) is 9.04. The molecular weight excluding hydrogens is 236 g/mol. The Labute approximate surface area is 119 Å². The predicted molar refractivity (Wildman–Crippen MR) is 81.3 cm³/mol. The van der Waals surface area contributed by atoms with Gasteiger partial charge in [-0.3, -0.25) is 9.69 Å². The first-order valence-electron chi connectivity index (χ1n) is 8.32. The van der Waals surface area contributed by atoms with Crippen LogP contribution in [0, 0.1) is 0 Å². The third-order valence-corrected chi connectivity index (χ3v) is 3.92. The van der Waals surface area contributed by atoms with Crippen LogP contribution in [0.5, 0.6) is 0 Å². The molecule has 0 radical (unpaired) electrons. The summed E-state index contributed by atoms with van der Waals surface area (Å²) in [6, 6.07) is 0. The van der Waals surface area contributed by atoms with Crippen molar-refractivity contribution in [1.29, 1.82) is 0 Å². The standard InChI is InChI=1S/C16H32N2O/c1-2-3-4-5-6-7-9-12-17-16(19)15-18-13-10-8-11-14-18/h2-15H2,1H3,(H,17,19). The van der Waals surface area contributed by atoms with Crippen LogP contribution in [0.2, 0.25) is 0 Å². The summed E-state index contributed by atoms with van der Waals surface area (Å²) in [5.41, 5.74) is 0. The largest absolute Gasteiger partial charge is 0.355 e. The maximum atomic E-state index is 11.7. The highest BCUT2D eigenvalue weighted by Crippen LogP contribution is 2.08. The number of hydrogen-bond acceptors (Lipinski definition) is 2. The van der Waals surface area contributed by atoms with Gasteiger partial charge in [0.2, 0.25) is 5.91 Å². The molecule has 1 heterocycles. The van der Waals surface area contributed by atoms with E-state index in [-0.39, 0.29) is 5.91 Å². The topological polar surface area (TPSA) is 32.3 Å². The van der Waals surface area contributed by atoms with E-state index in [2.05, 4.69) is 17.1 Å². The fraction of sp³-hybridized carbons (Fsp3) is 0.938. The molecule has 0 aliphatic carbocycles. The van der Waals surface area contributed by atoms with Gasteiger partial charge in [0.25, 0.3) is 0 Å². The number of piperidine rings is 1. The Morgan fingerprint density at radius 3 is 2.26 bits per heavy atom. The molecule has 1 aliphatic rings. The lowest BCUT2D eigenvalue weighted by atomic mass is 10.1. The van der Waals surface area contributed by atoms with Crippen molar-refractivity contribution in [2.24, 2.45) is 0 Å². The van der Waals surface area contributed by atoms with Crippen molar-refractivity contribution in [1.82, 2.24) is 10.2 Å². The minimum absolute atomic E-state index is 0.216. The number of likely N-dealkylation sites (tertiary alicyclic amines) is 1. The lowest BCUT2D eigenvalue weighted by Crippen LogP contribution is -2.40. The molecule has 1 rings (SSSR count). The van der Waals surface area contributed by atoms with Crippen LogP contribution in [0.4, 0.5) is 0 Å². The van der Waals surface area contributed by atoms with Crippen LogP contribution >= 0.6 is 0 Å². The Kier molecular flexibility index (Phi) is 9.78. The van der Waals surface area contributed by atoms with Gasteiger partial charge in [-0.25, -0.2) is 0 Å². The van der Waals surface area contributed by atoms with E-state index in [0.29, 0.717) is 6.54 Å². The zero-order valence-corrected chi connectivity index (χ0v) is 12.8. The van der Waals surface area contributed by atoms with Crippen molar-refractivity contribution in [3.63, 3.8) is 0 Å². The van der Waals surface area contributed by atoms with Crippen LogP contribution < -0.4 is 5.32 Å². The first kappa shape index (κ1) is 16.5. The zero-order valence-electron chi connectivity index (χ0n) is 12.8. The van der Waals surface area contributed by atoms with Gasteiger partial charge in [-0.05, 0) is 32.4 Å². The number of nitrogens with zero attached hydrogens (tertiary/aromatic N) is 1. The normalized spacial score (nSPS) is 16.5. The minimum atomic E-state index is 0.216. The van der Waals surface area contributed by atoms with Crippen molar-refractivity contribution in [2.45, 2.75) is 71.1 Å². The van der Waals surface area contributed by atoms with Gasteiger partial charge in [0.15, 0.2) is 0 Å². The first-order chi connectivity index (χ1) is 9.33. The van der Waals surface area contributed by atoms with E-state index < -0.39 is 0 Å². The average Bonchev–Trinajstić information content (AvgIpc) is 2.43. The van der Waals surface area contributed by atoms with E-state index in [0.717, 1.165) is 26.1 Å². The number of nitrogens with one attached hydrogen (secondary N) is 1. The summed E-state index contributed by atoms with van der Waals surface area (Å²) < 4.78 is 0. The third-order valence-electron chi connectivity index (χ3n) is 3.92. The summed E-state index contributed by atoms with van der Waals surface area (Å²) in [4.78, 5) is 14.0. The van der Waals surface area contributed by atoms with Gasteiger partial charge in [0.05, 0.1) is 6.54 Å². The van der Waals surface area contributed by atoms with Gasteiger partial charge >= 0.3 is 0 Å². The predicted octanol–water partition coefficient (Wildman–Crippen LogP) is 3.34. The van der Waals surface area contributed by atoms with Crippen molar-refractivity contribution in [2.75, 3.05) is 26.2 Å². The fourth-order valence-corrected chi connectivity index (χ4v) is 2.69. The zero-order chi connectivity index (χ0) is 13.8. The van der Waals surface area contributed by atoms with E-state index in [1.807, 2.05) is 0 Å². The van der Waals surface area contributed by atoms with Crippen LogP contribution in [0.15, 0.2) is 0 Å². The van der Waals surface area contributed by atoms with Gasteiger partial charge in [0, 0.05) is 6.54 Å². The number of rotatable bonds is 10. The molecule has 0 unspecified atom stereocenters. The Balaban J connectivity index is 1.87. The van der Waals surface area contributed by atoms with Crippen molar-refractivity contribution < 1.29 is 4.79 Å². The second kappa shape index (κ2) is 11.3. The average molecular weight is 268 g/mol. The molecule has 19 heavy (non-hydrogen) atoms. The Bertz CT molecular complexity index is 225. The van der Waals surface area contributed by atoms with E-state index in [4.69, 9.17) is 0 Å². The fourth-order valence-electron chi connectivity index (χ4n) is 2.69. The minimum Gasteiger partial charge on any atom is -0.355 e. The molecule has 0 saturated carbocycles. The molecule has 0 aromatic heterocycles. The molecule has 1 saturated heterocycles. The molecule has 0 aromatic carbocycles. The summed E-state index contributed by atoms with van der Waals surface area (Å²) in [6.07, 6.45) is 13.0. The van der Waals surface area contributed by atoms with Gasteiger partial charge in [0.1, 0.15) is 0 Å². The maximum absolute atomic E-state index is 11.7. The second-order valence-corrected chi connectivity index (χ2v) is 5.81. The molecule has 1 aliphatic heterocycles. The van der Waals surface area contributed by atoms with E-state index in [1.165, 1.54) is 57.8 Å². The number of hydrogen-bond donors (Lipinski definition) is 1. The van der Waals surface area contributed by atoms with Crippen molar-refractivity contribution in [3.8, 4) is 0 Å². The second-order valence-electron chi connectivity index (χ2n) is 5.81. The molecule has 3 heteroatoms. The van der Waals surface area contributed by atoms with Crippen LogP contribution in [0.25, 0.3) is 0 Å². The van der Waals surface area contributed by atoms with E-state index in [1.54, 1.807) is 0 Å². The van der Waals surface area contributed by atoms with Crippen LogP contribution in [0.3, 0.4) is 0 Å². The lowest BCUT2D eigenvalue weighted by molar-refractivity contribution is -0.122. The smallest absolute Gasteiger partial charge is 0.234 e. The molecule has 0 aromatic rings. The van der Waals surface area contributed by atoms with Gasteiger partial charge in [-0.1, -0.05) is 51.9 Å². The highest BCUT2D eigenvalue weighted by molar-refractivity contribution is 5.77. The van der Waals surface area contributed by atoms with Crippen LogP contribution in [-0.2, 0) is 4.79 Å². The van der Waals surface area contributed by atoms with Gasteiger partial charge in [-0.2, -0.15) is 0 Å². The van der Waals surface area contributed by atoms with Crippen molar-refractivity contribution >= 4 is 5.91 Å². The van der Waals surface area contributed by atoms with Gasteiger partial charge in [-0.15, -0.1) is 0 Å². The lowest BCUT2D eigenvalue weighted by Gasteiger charge is -2.25. The van der Waals surface area contributed by atoms with E-state index >= 15 is 0 Å². The molecule has 1 amide bonds. The van der Waals surface area contributed by atoms with Crippen LogP contribution in [0.1, 0.15) is 71.1 Å². The van der Waals surface area contributed by atoms with Gasteiger partial charge < -0.3 is 5.32 Å². The highest BCUT2D eigenvalue weighted by Gasteiger charge is 2.12. The molecule has 112 valence electrons. The number of carbonyl (C=O) groups excluding carboxylic acids is 1. The summed E-state index contributed by atoms with van der Waals surface area (Å²) in [7, 11) is 0. The molecular formula is C16H32N2O. The molecule has 1 fully saturated rings. The molecule has 3 nitrogen and oxygen atoms in total. The highest BCUT2D eigenvalue weighted by atomic mass is 16.2. The summed E-state index contributed by atoms with van der Waals surface area (Å²) in [5, 5.41) is 3.05. The maximum Gasteiger partial charge on any atom is 0.234 e.